The number of urea groups is 1. The Morgan fingerprint density at radius 3 is 2.42 bits per heavy atom. The van der Waals surface area contributed by atoms with Crippen molar-refractivity contribution >= 4 is 35.1 Å². The minimum atomic E-state index is -1.34. The monoisotopic (exact) mass is 444 g/mol. The van der Waals surface area contributed by atoms with Crippen molar-refractivity contribution in [3.8, 4) is 0 Å². The Morgan fingerprint density at radius 1 is 1.10 bits per heavy atom. The van der Waals surface area contributed by atoms with Gasteiger partial charge in [-0.15, -0.1) is 0 Å². The molecule has 162 valence electrons. The van der Waals surface area contributed by atoms with Crippen LogP contribution in [0.4, 0.5) is 14.9 Å². The summed E-state index contributed by atoms with van der Waals surface area (Å²) in [6, 6.07) is 12.3. The van der Waals surface area contributed by atoms with Gasteiger partial charge in [0.25, 0.3) is 5.91 Å². The van der Waals surface area contributed by atoms with E-state index in [2.05, 4.69) is 10.2 Å². The molecule has 2 fully saturated rings. The standard InChI is InChI=1S/C22H22ClFN4O3/c1-22(15-5-7-17(24)8-6-15)20(30)28(21(31)25-22)14-19(29)27-11-9-26(10-12-27)18-4-2-3-16(23)13-18/h2-8,13H,9-12,14H2,1H3,(H,25,31). The third kappa shape index (κ3) is 4.07. The van der Waals surface area contributed by atoms with Crippen molar-refractivity contribution in [2.45, 2.75) is 12.5 Å². The molecule has 0 radical (unpaired) electrons. The number of nitrogens with zero attached hydrogens (tertiary/aromatic N) is 3. The number of carbonyl (C=O) groups excluding carboxylic acids is 3. The summed E-state index contributed by atoms with van der Waals surface area (Å²) in [6.45, 7) is 3.42. The number of amides is 4. The minimum Gasteiger partial charge on any atom is -0.368 e. The van der Waals surface area contributed by atoms with E-state index >= 15 is 0 Å². The number of anilines is 1. The van der Waals surface area contributed by atoms with E-state index in [-0.39, 0.29) is 12.5 Å². The molecule has 0 aromatic heterocycles. The van der Waals surface area contributed by atoms with Crippen molar-refractivity contribution in [3.05, 3.63) is 64.9 Å². The molecule has 4 rings (SSSR count). The van der Waals surface area contributed by atoms with E-state index < -0.39 is 23.3 Å². The molecule has 2 saturated heterocycles. The predicted octanol–water partition coefficient (Wildman–Crippen LogP) is 2.59. The molecule has 0 bridgehead atoms. The van der Waals surface area contributed by atoms with E-state index in [0.29, 0.717) is 36.8 Å². The van der Waals surface area contributed by atoms with Crippen molar-refractivity contribution in [2.24, 2.45) is 0 Å². The van der Waals surface area contributed by atoms with Gasteiger partial charge in [0.1, 0.15) is 17.9 Å². The van der Waals surface area contributed by atoms with Gasteiger partial charge in [-0.2, -0.15) is 0 Å². The van der Waals surface area contributed by atoms with Crippen LogP contribution in [0.2, 0.25) is 5.02 Å². The lowest BCUT2D eigenvalue weighted by atomic mass is 9.92. The van der Waals surface area contributed by atoms with Gasteiger partial charge in [-0.1, -0.05) is 29.8 Å². The molecule has 1 unspecified atom stereocenters. The van der Waals surface area contributed by atoms with Crippen LogP contribution in [0.5, 0.6) is 0 Å². The van der Waals surface area contributed by atoms with Crippen LogP contribution in [-0.2, 0) is 15.1 Å². The Kier molecular flexibility index (Phi) is 5.58. The Bertz CT molecular complexity index is 1020. The summed E-state index contributed by atoms with van der Waals surface area (Å²) in [5.41, 5.74) is 0.108. The zero-order chi connectivity index (χ0) is 22.2. The van der Waals surface area contributed by atoms with Crippen LogP contribution in [0.25, 0.3) is 0 Å². The lowest BCUT2D eigenvalue weighted by molar-refractivity contribution is -0.139. The molecule has 4 amide bonds. The first kappa shape index (κ1) is 21.1. The number of rotatable bonds is 4. The third-order valence-corrected chi connectivity index (χ3v) is 6.03. The van der Waals surface area contributed by atoms with E-state index in [9.17, 15) is 18.8 Å². The van der Waals surface area contributed by atoms with E-state index in [0.717, 1.165) is 10.6 Å². The average molecular weight is 445 g/mol. The maximum atomic E-state index is 13.2. The molecule has 31 heavy (non-hydrogen) atoms. The highest BCUT2D eigenvalue weighted by Crippen LogP contribution is 2.29. The van der Waals surface area contributed by atoms with E-state index in [1.807, 2.05) is 24.3 Å². The lowest BCUT2D eigenvalue weighted by Crippen LogP contribution is -2.52. The van der Waals surface area contributed by atoms with Crippen LogP contribution in [0.1, 0.15) is 12.5 Å². The van der Waals surface area contributed by atoms with Crippen LogP contribution in [0, 0.1) is 5.82 Å². The molecule has 2 heterocycles. The second kappa shape index (κ2) is 8.19. The normalized spacial score (nSPS) is 21.5. The molecule has 2 aliphatic heterocycles. The first-order valence-corrected chi connectivity index (χ1v) is 10.3. The molecule has 0 spiro atoms. The largest absolute Gasteiger partial charge is 0.368 e. The molecule has 2 aromatic rings. The van der Waals surface area contributed by atoms with Gasteiger partial charge in [0.05, 0.1) is 0 Å². The SMILES string of the molecule is CC1(c2ccc(F)cc2)NC(=O)N(CC(=O)N2CCN(c3cccc(Cl)c3)CC2)C1=O. The van der Waals surface area contributed by atoms with Gasteiger partial charge in [-0.25, -0.2) is 9.18 Å². The minimum absolute atomic E-state index is 0.294. The van der Waals surface area contributed by atoms with Crippen LogP contribution in [0.15, 0.2) is 48.5 Å². The fourth-order valence-corrected chi connectivity index (χ4v) is 4.13. The highest BCUT2D eigenvalue weighted by molar-refractivity contribution is 6.30. The second-order valence-electron chi connectivity index (χ2n) is 7.80. The molecule has 1 atom stereocenters. The molecule has 1 N–H and O–H groups in total. The van der Waals surface area contributed by atoms with Gasteiger partial charge >= 0.3 is 6.03 Å². The number of halogens is 2. The van der Waals surface area contributed by atoms with Gasteiger partial charge in [0.15, 0.2) is 0 Å². The second-order valence-corrected chi connectivity index (χ2v) is 8.24. The molecule has 2 aromatic carbocycles. The number of hydrogen-bond donors (Lipinski definition) is 1. The fraction of sp³-hybridized carbons (Fsp3) is 0.318. The maximum absolute atomic E-state index is 13.2. The highest BCUT2D eigenvalue weighted by Gasteiger charge is 2.49. The Labute approximate surface area is 184 Å². The van der Waals surface area contributed by atoms with E-state index in [1.165, 1.54) is 24.3 Å². The number of hydrogen-bond acceptors (Lipinski definition) is 4. The number of piperazine rings is 1. The summed E-state index contributed by atoms with van der Waals surface area (Å²) in [6.07, 6.45) is 0. The summed E-state index contributed by atoms with van der Waals surface area (Å²) in [5.74, 6) is -1.26. The number of benzene rings is 2. The maximum Gasteiger partial charge on any atom is 0.325 e. The lowest BCUT2D eigenvalue weighted by Gasteiger charge is -2.36. The van der Waals surface area contributed by atoms with Crippen LogP contribution < -0.4 is 10.2 Å². The van der Waals surface area contributed by atoms with Gasteiger partial charge in [0.2, 0.25) is 5.91 Å². The number of carbonyl (C=O) groups is 3. The number of imide groups is 1. The van der Waals surface area contributed by atoms with Gasteiger partial charge < -0.3 is 15.1 Å². The third-order valence-electron chi connectivity index (χ3n) is 5.80. The Morgan fingerprint density at radius 2 is 1.77 bits per heavy atom. The summed E-state index contributed by atoms with van der Waals surface area (Å²) in [4.78, 5) is 42.9. The topological polar surface area (TPSA) is 73.0 Å². The zero-order valence-corrected chi connectivity index (χ0v) is 17.7. The average Bonchev–Trinajstić information content (AvgIpc) is 2.98. The Balaban J connectivity index is 1.39. The molecule has 0 aliphatic carbocycles. The summed E-state index contributed by atoms with van der Waals surface area (Å²) >= 11 is 6.06. The van der Waals surface area contributed by atoms with Crippen molar-refractivity contribution in [3.63, 3.8) is 0 Å². The summed E-state index contributed by atoms with van der Waals surface area (Å²) in [5, 5.41) is 3.28. The van der Waals surface area contributed by atoms with Crippen LogP contribution in [0.3, 0.4) is 0 Å². The van der Waals surface area contributed by atoms with E-state index in [1.54, 1.807) is 11.8 Å². The Hall–Kier alpha value is -3.13. The molecular weight excluding hydrogens is 423 g/mol. The summed E-state index contributed by atoms with van der Waals surface area (Å²) < 4.78 is 13.2. The van der Waals surface area contributed by atoms with Gasteiger partial charge in [0, 0.05) is 36.9 Å². The number of nitrogens with one attached hydrogen (secondary N) is 1. The van der Waals surface area contributed by atoms with E-state index in [4.69, 9.17) is 11.6 Å². The van der Waals surface area contributed by atoms with Crippen molar-refractivity contribution in [1.82, 2.24) is 15.1 Å². The highest BCUT2D eigenvalue weighted by atomic mass is 35.5. The smallest absolute Gasteiger partial charge is 0.325 e. The fourth-order valence-electron chi connectivity index (χ4n) is 3.94. The van der Waals surface area contributed by atoms with Crippen LogP contribution >= 0.6 is 11.6 Å². The van der Waals surface area contributed by atoms with Crippen molar-refractivity contribution in [1.29, 1.82) is 0 Å². The molecule has 0 saturated carbocycles. The molecular formula is C22H22ClFN4O3. The molecule has 7 nitrogen and oxygen atoms in total. The molecule has 2 aliphatic rings. The van der Waals surface area contributed by atoms with Gasteiger partial charge in [-0.05, 0) is 42.8 Å². The quantitative estimate of drug-likeness (QED) is 0.736. The van der Waals surface area contributed by atoms with Crippen molar-refractivity contribution < 1.29 is 18.8 Å². The molecule has 9 heteroatoms. The summed E-state index contributed by atoms with van der Waals surface area (Å²) in [7, 11) is 0. The zero-order valence-electron chi connectivity index (χ0n) is 17.0. The van der Waals surface area contributed by atoms with Crippen molar-refractivity contribution in [2.75, 3.05) is 37.6 Å². The first-order chi connectivity index (χ1) is 14.8. The van der Waals surface area contributed by atoms with Crippen LogP contribution in [-0.4, -0.2) is 60.4 Å². The first-order valence-electron chi connectivity index (χ1n) is 9.96. The predicted molar refractivity (Wildman–Crippen MR) is 114 cm³/mol. The van der Waals surface area contributed by atoms with Gasteiger partial charge in [-0.3, -0.25) is 14.5 Å².